The summed E-state index contributed by atoms with van der Waals surface area (Å²) in [6.45, 7) is 0. The second kappa shape index (κ2) is 9.17. The van der Waals surface area contributed by atoms with E-state index in [4.69, 9.17) is 28.6 Å². The molecule has 1 saturated heterocycles. The van der Waals surface area contributed by atoms with Crippen LogP contribution in [0.2, 0.25) is 5.02 Å². The largest absolute Gasteiger partial charge is 0.495 e. The van der Waals surface area contributed by atoms with E-state index in [9.17, 15) is 0 Å². The van der Waals surface area contributed by atoms with Gasteiger partial charge in [-0.2, -0.15) is 0 Å². The molecule has 2 aromatic carbocycles. The van der Waals surface area contributed by atoms with Crippen LogP contribution in [0.3, 0.4) is 0 Å². The predicted octanol–water partition coefficient (Wildman–Crippen LogP) is 6.47. The van der Waals surface area contributed by atoms with Gasteiger partial charge in [-0.3, -0.25) is 4.98 Å². The Morgan fingerprint density at radius 3 is 2.52 bits per heavy atom. The summed E-state index contributed by atoms with van der Waals surface area (Å²) < 4.78 is 8.56. The van der Waals surface area contributed by atoms with E-state index in [1.807, 2.05) is 54.6 Å². The van der Waals surface area contributed by atoms with Gasteiger partial charge in [-0.05, 0) is 78.9 Å². The molecule has 2 atom stereocenters. The molecule has 0 unspecified atom stereocenters. The van der Waals surface area contributed by atoms with Crippen molar-refractivity contribution < 1.29 is 4.74 Å². The molecule has 1 aliphatic rings. The summed E-state index contributed by atoms with van der Waals surface area (Å²) >= 11 is 15.8. The first-order chi connectivity index (χ1) is 16.1. The third-order valence-electron chi connectivity index (χ3n) is 5.70. The van der Waals surface area contributed by atoms with Crippen LogP contribution in [0.15, 0.2) is 89.7 Å². The Morgan fingerprint density at radius 1 is 1.03 bits per heavy atom. The van der Waals surface area contributed by atoms with Gasteiger partial charge in [-0.25, -0.2) is 0 Å². The maximum absolute atomic E-state index is 6.49. The van der Waals surface area contributed by atoms with Crippen LogP contribution in [0.4, 0.5) is 5.69 Å². The van der Waals surface area contributed by atoms with E-state index in [-0.39, 0.29) is 12.1 Å². The molecule has 33 heavy (non-hydrogen) atoms. The SMILES string of the molecule is COc1ccc(N2C(=S)N[C@@H](c3ccccn3)[C@@H]2c2cccn2-c2ccc(Br)cc2)cc1Cl. The highest BCUT2D eigenvalue weighted by Crippen LogP contribution is 2.43. The number of hydrogen-bond donors (Lipinski definition) is 1. The first-order valence-corrected chi connectivity index (χ1v) is 11.9. The van der Waals surface area contributed by atoms with E-state index in [0.717, 1.165) is 27.2 Å². The lowest BCUT2D eigenvalue weighted by Gasteiger charge is -2.29. The molecule has 1 N–H and O–H groups in total. The van der Waals surface area contributed by atoms with E-state index in [1.165, 1.54) is 0 Å². The highest BCUT2D eigenvalue weighted by molar-refractivity contribution is 9.10. The van der Waals surface area contributed by atoms with Gasteiger partial charge in [-0.1, -0.05) is 33.6 Å². The monoisotopic (exact) mass is 538 g/mol. The molecule has 8 heteroatoms. The van der Waals surface area contributed by atoms with Crippen molar-refractivity contribution in [2.24, 2.45) is 0 Å². The number of nitrogens with zero attached hydrogens (tertiary/aromatic N) is 3. The van der Waals surface area contributed by atoms with Crippen LogP contribution in [0, 0.1) is 0 Å². The molecule has 5 nitrogen and oxygen atoms in total. The minimum atomic E-state index is -0.157. The van der Waals surface area contributed by atoms with E-state index in [0.29, 0.717) is 15.9 Å². The first-order valence-electron chi connectivity index (χ1n) is 10.3. The molecule has 2 aromatic heterocycles. The molecule has 0 spiro atoms. The highest BCUT2D eigenvalue weighted by atomic mass is 79.9. The van der Waals surface area contributed by atoms with Crippen molar-refractivity contribution in [1.29, 1.82) is 0 Å². The Labute approximate surface area is 211 Å². The minimum absolute atomic E-state index is 0.149. The Kier molecular flexibility index (Phi) is 6.10. The average molecular weight is 540 g/mol. The van der Waals surface area contributed by atoms with Crippen molar-refractivity contribution in [3.63, 3.8) is 0 Å². The van der Waals surface area contributed by atoms with Crippen LogP contribution in [0.25, 0.3) is 5.69 Å². The fourth-order valence-electron chi connectivity index (χ4n) is 4.21. The molecule has 5 rings (SSSR count). The Balaban J connectivity index is 1.66. The maximum atomic E-state index is 6.49. The van der Waals surface area contributed by atoms with Crippen LogP contribution < -0.4 is 15.0 Å². The third kappa shape index (κ3) is 4.12. The molecule has 4 aromatic rings. The highest BCUT2D eigenvalue weighted by Gasteiger charge is 2.42. The fraction of sp³-hybridized carbons (Fsp3) is 0.120. The van der Waals surface area contributed by atoms with E-state index >= 15 is 0 Å². The summed E-state index contributed by atoms with van der Waals surface area (Å²) in [7, 11) is 1.61. The predicted molar refractivity (Wildman–Crippen MR) is 139 cm³/mol. The molecular formula is C25H20BrClN4OS. The van der Waals surface area contributed by atoms with Crippen molar-refractivity contribution in [2.45, 2.75) is 12.1 Å². The third-order valence-corrected chi connectivity index (χ3v) is 6.84. The number of benzene rings is 2. The first kappa shape index (κ1) is 21.9. The number of ether oxygens (including phenoxy) is 1. The summed E-state index contributed by atoms with van der Waals surface area (Å²) in [4.78, 5) is 6.73. The van der Waals surface area contributed by atoms with Gasteiger partial charge in [0.15, 0.2) is 5.11 Å². The van der Waals surface area contributed by atoms with Gasteiger partial charge in [0.1, 0.15) is 11.8 Å². The lowest BCUT2D eigenvalue weighted by Crippen LogP contribution is -2.30. The molecule has 0 bridgehead atoms. The van der Waals surface area contributed by atoms with Gasteiger partial charge in [-0.15, -0.1) is 0 Å². The van der Waals surface area contributed by atoms with E-state index < -0.39 is 0 Å². The summed E-state index contributed by atoms with van der Waals surface area (Å²) in [5.74, 6) is 0.620. The minimum Gasteiger partial charge on any atom is -0.495 e. The number of nitrogens with one attached hydrogen (secondary N) is 1. The number of halogens is 2. The van der Waals surface area contributed by atoms with Crippen LogP contribution in [-0.4, -0.2) is 21.8 Å². The van der Waals surface area contributed by atoms with Gasteiger partial charge < -0.3 is 19.5 Å². The van der Waals surface area contributed by atoms with Crippen molar-refractivity contribution in [1.82, 2.24) is 14.9 Å². The van der Waals surface area contributed by atoms with Crippen molar-refractivity contribution in [2.75, 3.05) is 12.0 Å². The molecule has 0 aliphatic carbocycles. The Morgan fingerprint density at radius 2 is 1.82 bits per heavy atom. The van der Waals surface area contributed by atoms with Crippen molar-refractivity contribution in [3.8, 4) is 11.4 Å². The molecule has 1 aliphatic heterocycles. The molecule has 0 saturated carbocycles. The standard InChI is InChI=1S/C25H20BrClN4OS/c1-32-22-12-11-18(15-19(22)27)31-24(23(29-25(31)33)20-5-2-3-13-28-20)21-6-4-14-30(21)17-9-7-16(26)8-10-17/h2-15,23-24H,1H3,(H,29,33)/t23-,24-/m0/s1. The number of pyridine rings is 1. The Hall–Kier alpha value is -2.87. The zero-order chi connectivity index (χ0) is 22.9. The molecule has 0 radical (unpaired) electrons. The smallest absolute Gasteiger partial charge is 0.174 e. The van der Waals surface area contributed by atoms with Crippen LogP contribution in [-0.2, 0) is 0 Å². The topological polar surface area (TPSA) is 42.3 Å². The number of thiocarbonyl (C=S) groups is 1. The quantitative estimate of drug-likeness (QED) is 0.294. The van der Waals surface area contributed by atoms with E-state index in [1.54, 1.807) is 13.3 Å². The number of methoxy groups -OCH3 is 1. The molecule has 3 heterocycles. The average Bonchev–Trinajstić information content (AvgIpc) is 3.44. The number of hydrogen-bond acceptors (Lipinski definition) is 3. The van der Waals surface area contributed by atoms with Crippen molar-refractivity contribution in [3.05, 3.63) is 106 Å². The van der Waals surface area contributed by atoms with Gasteiger partial charge in [0.25, 0.3) is 0 Å². The van der Waals surface area contributed by atoms with Gasteiger partial charge in [0, 0.05) is 33.9 Å². The van der Waals surface area contributed by atoms with Crippen LogP contribution in [0.1, 0.15) is 23.5 Å². The lowest BCUT2D eigenvalue weighted by molar-refractivity contribution is 0.415. The van der Waals surface area contributed by atoms with E-state index in [2.05, 4.69) is 60.1 Å². The zero-order valence-electron chi connectivity index (χ0n) is 17.7. The van der Waals surface area contributed by atoms with Gasteiger partial charge in [0.2, 0.25) is 0 Å². The van der Waals surface area contributed by atoms with Gasteiger partial charge >= 0.3 is 0 Å². The second-order valence-corrected chi connectivity index (χ2v) is 9.30. The number of aromatic nitrogens is 2. The van der Waals surface area contributed by atoms with Crippen LogP contribution >= 0.6 is 39.7 Å². The summed E-state index contributed by atoms with van der Waals surface area (Å²) in [6.07, 6.45) is 3.87. The fourth-order valence-corrected chi connectivity index (χ4v) is 5.07. The molecule has 1 fully saturated rings. The van der Waals surface area contributed by atoms with Crippen LogP contribution in [0.5, 0.6) is 5.75 Å². The van der Waals surface area contributed by atoms with Gasteiger partial charge in [0.05, 0.1) is 23.9 Å². The number of anilines is 1. The molecule has 0 amide bonds. The second-order valence-electron chi connectivity index (χ2n) is 7.59. The lowest BCUT2D eigenvalue weighted by atomic mass is 10.0. The summed E-state index contributed by atoms with van der Waals surface area (Å²) in [5, 5.41) is 4.63. The zero-order valence-corrected chi connectivity index (χ0v) is 20.8. The van der Waals surface area contributed by atoms with Crippen molar-refractivity contribution >= 4 is 50.5 Å². The normalized spacial score (nSPS) is 17.8. The number of rotatable bonds is 5. The Bertz CT molecular complexity index is 1300. The maximum Gasteiger partial charge on any atom is 0.174 e. The molecular weight excluding hydrogens is 520 g/mol. The molecule has 166 valence electrons. The summed E-state index contributed by atoms with van der Waals surface area (Å²) in [6, 6.07) is 23.7. The summed E-state index contributed by atoms with van der Waals surface area (Å²) in [5.41, 5.74) is 3.93.